The molecule has 168 valence electrons. The van der Waals surface area contributed by atoms with E-state index in [0.29, 0.717) is 29.9 Å². The van der Waals surface area contributed by atoms with E-state index >= 15 is 0 Å². The van der Waals surface area contributed by atoms with E-state index in [9.17, 15) is 13.2 Å². The number of likely N-dealkylation sites (N-methyl/N-ethyl adjacent to an activating group) is 1. The van der Waals surface area contributed by atoms with Crippen LogP contribution in [-0.2, 0) is 16.6 Å². The van der Waals surface area contributed by atoms with Crippen LogP contribution in [0.15, 0.2) is 54.6 Å². The minimum atomic E-state index is -3.54. The maximum absolute atomic E-state index is 13.4. The van der Waals surface area contributed by atoms with E-state index in [1.165, 1.54) is 11.2 Å². The Morgan fingerprint density at radius 1 is 1.00 bits per heavy atom. The monoisotopic (exact) mass is 443 g/mol. The number of Topliss-reactive ketones (excluding diaryl/α,β-unsaturated/α-hetero) is 1. The molecule has 2 aromatic carbocycles. The Morgan fingerprint density at radius 3 is 2.13 bits per heavy atom. The van der Waals surface area contributed by atoms with Gasteiger partial charge in [0, 0.05) is 37.3 Å². The van der Waals surface area contributed by atoms with Crippen molar-refractivity contribution >= 4 is 21.5 Å². The first-order valence-corrected chi connectivity index (χ1v) is 12.4. The quantitative estimate of drug-likeness (QED) is 0.586. The summed E-state index contributed by atoms with van der Waals surface area (Å²) >= 11 is 0. The molecule has 0 saturated carbocycles. The minimum absolute atomic E-state index is 0.00489. The number of para-hydroxylation sites is 1. The van der Waals surface area contributed by atoms with Gasteiger partial charge in [-0.2, -0.15) is 0 Å². The van der Waals surface area contributed by atoms with Crippen LogP contribution in [0.2, 0.25) is 0 Å². The van der Waals surface area contributed by atoms with Gasteiger partial charge in [0.15, 0.2) is 5.78 Å². The maximum atomic E-state index is 13.4. The Morgan fingerprint density at radius 2 is 1.58 bits per heavy atom. The van der Waals surface area contributed by atoms with Crippen molar-refractivity contribution in [2.45, 2.75) is 39.4 Å². The number of anilines is 1. The van der Waals surface area contributed by atoms with E-state index in [2.05, 4.69) is 30.7 Å². The van der Waals surface area contributed by atoms with Crippen molar-refractivity contribution in [3.05, 3.63) is 65.7 Å². The Labute approximate surface area is 186 Å². The van der Waals surface area contributed by atoms with E-state index in [1.807, 2.05) is 42.5 Å². The van der Waals surface area contributed by atoms with Crippen molar-refractivity contribution in [2.75, 3.05) is 36.7 Å². The summed E-state index contributed by atoms with van der Waals surface area (Å²) in [5.74, 6) is 0.0612. The van der Waals surface area contributed by atoms with Gasteiger partial charge in [-0.05, 0) is 45.5 Å². The second-order valence-electron chi connectivity index (χ2n) is 8.53. The van der Waals surface area contributed by atoms with Crippen LogP contribution in [0.1, 0.15) is 36.7 Å². The molecule has 2 atom stereocenters. The SMILES string of the molecule is CC(=O)c1ccc(CN(c2ccccc2)S(=O)(=O)CCN2C[C@@H](C)N(C)[C@@H](C)C2)cc1. The number of ketones is 1. The van der Waals surface area contributed by atoms with Gasteiger partial charge in [-0.25, -0.2) is 8.42 Å². The van der Waals surface area contributed by atoms with Crippen molar-refractivity contribution in [1.29, 1.82) is 0 Å². The zero-order chi connectivity index (χ0) is 22.6. The molecule has 0 spiro atoms. The molecule has 2 aromatic rings. The van der Waals surface area contributed by atoms with E-state index in [-0.39, 0.29) is 18.1 Å². The molecule has 0 N–H and O–H groups in total. The zero-order valence-corrected chi connectivity index (χ0v) is 19.7. The summed E-state index contributed by atoms with van der Waals surface area (Å²) in [6.07, 6.45) is 0. The first kappa shape index (κ1) is 23.4. The number of carbonyl (C=O) groups excluding carboxylic acids is 1. The first-order valence-electron chi connectivity index (χ1n) is 10.8. The summed E-state index contributed by atoms with van der Waals surface area (Å²) in [7, 11) is -1.41. The van der Waals surface area contributed by atoms with Gasteiger partial charge in [0.1, 0.15) is 0 Å². The van der Waals surface area contributed by atoms with Gasteiger partial charge >= 0.3 is 0 Å². The van der Waals surface area contributed by atoms with Gasteiger partial charge in [0.05, 0.1) is 18.0 Å². The molecule has 0 radical (unpaired) electrons. The summed E-state index contributed by atoms with van der Waals surface area (Å²) in [5, 5.41) is 0. The van der Waals surface area contributed by atoms with E-state index < -0.39 is 10.0 Å². The number of rotatable bonds is 8. The molecule has 6 nitrogen and oxygen atoms in total. The first-order chi connectivity index (χ1) is 14.7. The average molecular weight is 444 g/mol. The summed E-state index contributed by atoms with van der Waals surface area (Å²) in [4.78, 5) is 16.1. The Kier molecular flexibility index (Phi) is 7.51. The number of hydrogen-bond donors (Lipinski definition) is 0. The molecule has 1 heterocycles. The number of nitrogens with zero attached hydrogens (tertiary/aromatic N) is 3. The lowest BCUT2D eigenvalue weighted by Crippen LogP contribution is -2.55. The van der Waals surface area contributed by atoms with Crippen molar-refractivity contribution in [2.24, 2.45) is 0 Å². The van der Waals surface area contributed by atoms with Crippen LogP contribution in [0.25, 0.3) is 0 Å². The van der Waals surface area contributed by atoms with Gasteiger partial charge in [0.2, 0.25) is 10.0 Å². The second kappa shape index (κ2) is 9.94. The van der Waals surface area contributed by atoms with Crippen LogP contribution in [0.4, 0.5) is 5.69 Å². The van der Waals surface area contributed by atoms with Crippen LogP contribution in [-0.4, -0.2) is 68.5 Å². The smallest absolute Gasteiger partial charge is 0.236 e. The lowest BCUT2D eigenvalue weighted by atomic mass is 10.1. The predicted octanol–water partition coefficient (Wildman–Crippen LogP) is 3.25. The van der Waals surface area contributed by atoms with Crippen LogP contribution in [0.5, 0.6) is 0 Å². The highest BCUT2D eigenvalue weighted by Gasteiger charge is 2.29. The molecule has 0 aliphatic carbocycles. The Bertz CT molecular complexity index is 965. The third kappa shape index (κ3) is 5.93. The van der Waals surface area contributed by atoms with Crippen molar-refractivity contribution in [3.63, 3.8) is 0 Å². The number of piperazine rings is 1. The predicted molar refractivity (Wildman–Crippen MR) is 126 cm³/mol. The van der Waals surface area contributed by atoms with Crippen LogP contribution in [0, 0.1) is 0 Å². The number of carbonyl (C=O) groups is 1. The highest BCUT2D eigenvalue weighted by molar-refractivity contribution is 7.92. The molecule has 1 aliphatic heterocycles. The topological polar surface area (TPSA) is 60.9 Å². The highest BCUT2D eigenvalue weighted by atomic mass is 32.2. The lowest BCUT2D eigenvalue weighted by Gasteiger charge is -2.42. The fourth-order valence-corrected chi connectivity index (χ4v) is 5.50. The normalized spacial score (nSPS) is 20.5. The summed E-state index contributed by atoms with van der Waals surface area (Å²) in [6.45, 7) is 8.37. The molecule has 1 saturated heterocycles. The molecule has 0 bridgehead atoms. The second-order valence-corrected chi connectivity index (χ2v) is 10.5. The number of benzene rings is 2. The van der Waals surface area contributed by atoms with Gasteiger partial charge in [0.25, 0.3) is 0 Å². The van der Waals surface area contributed by atoms with Gasteiger partial charge in [-0.3, -0.25) is 18.9 Å². The lowest BCUT2D eigenvalue weighted by molar-refractivity contribution is 0.0639. The van der Waals surface area contributed by atoms with Crippen LogP contribution >= 0.6 is 0 Å². The molecule has 31 heavy (non-hydrogen) atoms. The van der Waals surface area contributed by atoms with Crippen molar-refractivity contribution in [1.82, 2.24) is 9.80 Å². The fourth-order valence-electron chi connectivity index (χ4n) is 4.01. The standard InChI is InChI=1S/C24H33N3O3S/c1-19-16-26(17-20(2)25(19)4)14-15-31(29,30)27(24-8-6-5-7-9-24)18-22-10-12-23(13-11-22)21(3)28/h5-13,19-20H,14-18H2,1-4H3/t19-,20+. The Hall–Kier alpha value is -2.22. The molecule has 0 amide bonds. The molecule has 1 fully saturated rings. The number of hydrogen-bond acceptors (Lipinski definition) is 5. The molecule has 1 aliphatic rings. The maximum Gasteiger partial charge on any atom is 0.236 e. The van der Waals surface area contributed by atoms with E-state index in [0.717, 1.165) is 18.7 Å². The van der Waals surface area contributed by atoms with Gasteiger partial charge in [-0.15, -0.1) is 0 Å². The molecule has 0 aromatic heterocycles. The molecular weight excluding hydrogens is 410 g/mol. The molecule has 3 rings (SSSR count). The summed E-state index contributed by atoms with van der Waals surface area (Å²) in [6, 6.07) is 17.2. The molecule has 7 heteroatoms. The van der Waals surface area contributed by atoms with Crippen molar-refractivity contribution in [3.8, 4) is 0 Å². The summed E-state index contributed by atoms with van der Waals surface area (Å²) in [5.41, 5.74) is 2.12. The van der Waals surface area contributed by atoms with Gasteiger partial charge in [-0.1, -0.05) is 42.5 Å². The van der Waals surface area contributed by atoms with Crippen LogP contribution < -0.4 is 4.31 Å². The largest absolute Gasteiger partial charge is 0.299 e. The zero-order valence-electron chi connectivity index (χ0n) is 18.9. The van der Waals surface area contributed by atoms with E-state index in [4.69, 9.17) is 0 Å². The minimum Gasteiger partial charge on any atom is -0.299 e. The molecular formula is C24H33N3O3S. The molecule has 0 unspecified atom stereocenters. The Balaban J connectivity index is 1.77. The van der Waals surface area contributed by atoms with Crippen LogP contribution in [0.3, 0.4) is 0 Å². The van der Waals surface area contributed by atoms with Gasteiger partial charge < -0.3 is 0 Å². The van der Waals surface area contributed by atoms with E-state index in [1.54, 1.807) is 12.1 Å². The highest BCUT2D eigenvalue weighted by Crippen LogP contribution is 2.22. The third-order valence-corrected chi connectivity index (χ3v) is 7.88. The third-order valence-electron chi connectivity index (χ3n) is 6.17. The fraction of sp³-hybridized carbons (Fsp3) is 0.458. The number of sulfonamides is 1. The summed E-state index contributed by atoms with van der Waals surface area (Å²) < 4.78 is 28.3. The average Bonchev–Trinajstić information content (AvgIpc) is 2.75. The van der Waals surface area contributed by atoms with Crippen molar-refractivity contribution < 1.29 is 13.2 Å².